The maximum atomic E-state index is 13.0. The van der Waals surface area contributed by atoms with E-state index in [1.807, 2.05) is 42.5 Å². The summed E-state index contributed by atoms with van der Waals surface area (Å²) in [5.74, 6) is 1.14. The molecule has 0 bridgehead atoms. The lowest BCUT2D eigenvalue weighted by molar-refractivity contribution is -0.384. The number of anilines is 1. The molecule has 1 saturated carbocycles. The maximum Gasteiger partial charge on any atom is 0.293 e. The Balaban J connectivity index is 1.23. The number of benzene rings is 3. The first-order valence-corrected chi connectivity index (χ1v) is 16.4. The molecule has 0 heterocycles. The van der Waals surface area contributed by atoms with Crippen LogP contribution in [0.15, 0.2) is 88.7 Å². The van der Waals surface area contributed by atoms with Gasteiger partial charge in [-0.3, -0.25) is 14.9 Å². The highest BCUT2D eigenvalue weighted by Gasteiger charge is 2.31. The molecule has 0 spiro atoms. The molecule has 10 heteroatoms. The molecule has 1 fully saturated rings. The van der Waals surface area contributed by atoms with E-state index < -0.39 is 20.9 Å². The molecule has 2 aliphatic carbocycles. The zero-order chi connectivity index (χ0) is 28.8. The molecule has 214 valence electrons. The van der Waals surface area contributed by atoms with E-state index in [9.17, 15) is 23.3 Å². The number of carbonyl (C=O) groups is 1. The molecule has 0 aromatic heterocycles. The van der Waals surface area contributed by atoms with Crippen LogP contribution in [0.1, 0.15) is 54.4 Å². The first kappa shape index (κ1) is 28.9. The second-order valence-electron chi connectivity index (χ2n) is 10.4. The molecule has 0 radical (unpaired) electrons. The summed E-state index contributed by atoms with van der Waals surface area (Å²) in [6.45, 7) is 0.442. The minimum atomic E-state index is -4.34. The molecular weight excluding hydrogens is 558 g/mol. The number of nitro benzene ring substituents is 1. The van der Waals surface area contributed by atoms with Crippen LogP contribution in [0.4, 0.5) is 11.4 Å². The van der Waals surface area contributed by atoms with Gasteiger partial charge in [0, 0.05) is 28.8 Å². The van der Waals surface area contributed by atoms with Crippen molar-refractivity contribution in [2.24, 2.45) is 11.8 Å². The number of amides is 1. The lowest BCUT2D eigenvalue weighted by Crippen LogP contribution is -2.30. The molecule has 0 aliphatic heterocycles. The van der Waals surface area contributed by atoms with Crippen LogP contribution in [-0.2, 0) is 10.0 Å². The van der Waals surface area contributed by atoms with E-state index in [2.05, 4.69) is 16.1 Å². The summed E-state index contributed by atoms with van der Waals surface area (Å²) in [4.78, 5) is 24.7. The van der Waals surface area contributed by atoms with E-state index in [-0.39, 0.29) is 21.8 Å². The Kier molecular flexibility index (Phi) is 9.09. The van der Waals surface area contributed by atoms with Gasteiger partial charge in [-0.15, -0.1) is 11.8 Å². The van der Waals surface area contributed by atoms with Crippen LogP contribution in [0.2, 0.25) is 0 Å². The second kappa shape index (κ2) is 12.9. The highest BCUT2D eigenvalue weighted by atomic mass is 32.2. The van der Waals surface area contributed by atoms with Crippen molar-refractivity contribution in [2.75, 3.05) is 17.6 Å². The van der Waals surface area contributed by atoms with E-state index >= 15 is 0 Å². The Morgan fingerprint density at radius 2 is 1.73 bits per heavy atom. The number of hydrogen-bond donors (Lipinski definition) is 2. The van der Waals surface area contributed by atoms with Crippen molar-refractivity contribution in [2.45, 2.75) is 48.3 Å². The standard InChI is InChI=1S/C31H33N3O5S2/c35-31(24-15-13-23(14-16-24)28-12-6-8-22-7-4-5-11-27(22)28)33-41(38,39)26-17-18-29(30(21-26)34(36)37)32-19-20-40-25-9-2-1-3-10-25/h1-3,9-10,12-18,21-22,27,32H,4-8,11,19-20H2,(H,33,35). The van der Waals surface area contributed by atoms with Crippen molar-refractivity contribution in [1.29, 1.82) is 0 Å². The Bertz CT molecular complexity index is 1540. The van der Waals surface area contributed by atoms with Crippen molar-refractivity contribution in [3.8, 4) is 0 Å². The first-order valence-electron chi connectivity index (χ1n) is 13.9. The molecule has 3 aromatic rings. The fourth-order valence-electron chi connectivity index (χ4n) is 5.80. The van der Waals surface area contributed by atoms with Gasteiger partial charge in [0.15, 0.2) is 0 Å². The van der Waals surface area contributed by atoms with Crippen LogP contribution in [0, 0.1) is 22.0 Å². The minimum Gasteiger partial charge on any atom is -0.379 e. The van der Waals surface area contributed by atoms with Crippen LogP contribution < -0.4 is 10.0 Å². The number of allylic oxidation sites excluding steroid dienone is 2. The lowest BCUT2D eigenvalue weighted by Gasteiger charge is -2.36. The highest BCUT2D eigenvalue weighted by Crippen LogP contribution is 2.44. The molecule has 1 amide bonds. The fourth-order valence-corrected chi connectivity index (χ4v) is 7.59. The molecule has 3 aromatic carbocycles. The van der Waals surface area contributed by atoms with Crippen molar-refractivity contribution in [3.05, 3.63) is 100 Å². The summed E-state index contributed by atoms with van der Waals surface area (Å²) >= 11 is 1.60. The summed E-state index contributed by atoms with van der Waals surface area (Å²) in [7, 11) is -4.34. The van der Waals surface area contributed by atoms with Gasteiger partial charge in [-0.05, 0) is 85.1 Å². The average molecular weight is 592 g/mol. The van der Waals surface area contributed by atoms with E-state index in [1.165, 1.54) is 49.8 Å². The Morgan fingerprint density at radius 3 is 2.49 bits per heavy atom. The quantitative estimate of drug-likeness (QED) is 0.114. The first-order chi connectivity index (χ1) is 19.8. The smallest absolute Gasteiger partial charge is 0.293 e. The van der Waals surface area contributed by atoms with Gasteiger partial charge < -0.3 is 5.32 Å². The van der Waals surface area contributed by atoms with Gasteiger partial charge in [0.05, 0.1) is 9.82 Å². The predicted octanol–water partition coefficient (Wildman–Crippen LogP) is 6.90. The number of nitrogens with zero attached hydrogens (tertiary/aromatic N) is 1. The fraction of sp³-hybridized carbons (Fsp3) is 0.323. The summed E-state index contributed by atoms with van der Waals surface area (Å²) in [5.41, 5.74) is 2.44. The molecular formula is C31H33N3O5S2. The van der Waals surface area contributed by atoms with Gasteiger partial charge in [-0.2, -0.15) is 0 Å². The van der Waals surface area contributed by atoms with Gasteiger partial charge in [-0.25, -0.2) is 13.1 Å². The van der Waals surface area contributed by atoms with Crippen LogP contribution >= 0.6 is 11.8 Å². The molecule has 0 saturated heterocycles. The number of hydrogen-bond acceptors (Lipinski definition) is 7. The zero-order valence-electron chi connectivity index (χ0n) is 22.6. The largest absolute Gasteiger partial charge is 0.379 e. The molecule has 8 nitrogen and oxygen atoms in total. The third-order valence-corrected chi connectivity index (χ3v) is 10.2. The van der Waals surface area contributed by atoms with Gasteiger partial charge in [0.1, 0.15) is 5.69 Å². The highest BCUT2D eigenvalue weighted by molar-refractivity contribution is 7.99. The van der Waals surface area contributed by atoms with E-state index in [0.29, 0.717) is 18.2 Å². The Morgan fingerprint density at radius 1 is 0.976 bits per heavy atom. The zero-order valence-corrected chi connectivity index (χ0v) is 24.3. The topological polar surface area (TPSA) is 118 Å². The third-order valence-electron chi connectivity index (χ3n) is 7.82. The Hall–Kier alpha value is -3.63. The van der Waals surface area contributed by atoms with Gasteiger partial charge in [-0.1, -0.05) is 49.2 Å². The second-order valence-corrected chi connectivity index (χ2v) is 13.3. The summed E-state index contributed by atoms with van der Waals surface area (Å²) in [6, 6.07) is 20.4. The number of thioether (sulfide) groups is 1. The molecule has 2 atom stereocenters. The van der Waals surface area contributed by atoms with Crippen LogP contribution in [0.5, 0.6) is 0 Å². The number of sulfonamides is 1. The summed E-state index contributed by atoms with van der Waals surface area (Å²) in [5, 5.41) is 14.7. The van der Waals surface area contributed by atoms with Crippen LogP contribution in [-0.4, -0.2) is 31.5 Å². The molecule has 2 N–H and O–H groups in total. The monoisotopic (exact) mass is 591 g/mol. The number of carbonyl (C=O) groups excluding carboxylic acids is 1. The van der Waals surface area contributed by atoms with Gasteiger partial charge in [0.25, 0.3) is 21.6 Å². The van der Waals surface area contributed by atoms with Gasteiger partial charge in [0.2, 0.25) is 0 Å². The molecule has 41 heavy (non-hydrogen) atoms. The number of fused-ring (bicyclic) bond motifs is 1. The minimum absolute atomic E-state index is 0.206. The van der Waals surface area contributed by atoms with Crippen molar-refractivity contribution in [3.63, 3.8) is 0 Å². The van der Waals surface area contributed by atoms with Crippen LogP contribution in [0.3, 0.4) is 0 Å². The van der Waals surface area contributed by atoms with Crippen molar-refractivity contribution < 1.29 is 18.1 Å². The van der Waals surface area contributed by atoms with E-state index in [0.717, 1.165) is 28.9 Å². The van der Waals surface area contributed by atoms with Crippen molar-refractivity contribution >= 4 is 44.6 Å². The molecule has 5 rings (SSSR count). The SMILES string of the molecule is O=C(NS(=O)(=O)c1ccc(NCCSc2ccccc2)c([N+](=O)[O-])c1)c1ccc(C2=CCCC3CCCCC23)cc1. The van der Waals surface area contributed by atoms with E-state index in [4.69, 9.17) is 0 Å². The molecule has 2 unspecified atom stereocenters. The number of nitrogens with one attached hydrogen (secondary N) is 2. The third kappa shape index (κ3) is 7.00. The normalized spacial score (nSPS) is 18.6. The number of rotatable bonds is 10. The lowest BCUT2D eigenvalue weighted by atomic mass is 9.68. The summed E-state index contributed by atoms with van der Waals surface area (Å²) in [6.07, 6.45) is 9.57. The average Bonchev–Trinajstić information content (AvgIpc) is 2.99. The van der Waals surface area contributed by atoms with Gasteiger partial charge >= 0.3 is 0 Å². The summed E-state index contributed by atoms with van der Waals surface area (Å²) < 4.78 is 28.1. The van der Waals surface area contributed by atoms with E-state index in [1.54, 1.807) is 23.9 Å². The Labute approximate surface area is 244 Å². The molecule has 2 aliphatic rings. The number of nitro groups is 1. The van der Waals surface area contributed by atoms with Crippen molar-refractivity contribution in [1.82, 2.24) is 4.72 Å². The maximum absolute atomic E-state index is 13.0. The predicted molar refractivity (Wildman–Crippen MR) is 163 cm³/mol. The van der Waals surface area contributed by atoms with Crippen LogP contribution in [0.25, 0.3) is 5.57 Å².